The summed E-state index contributed by atoms with van der Waals surface area (Å²) >= 11 is 0. The average Bonchev–Trinajstić information content (AvgIpc) is 2.39. The predicted molar refractivity (Wildman–Crippen MR) is 75.4 cm³/mol. The predicted octanol–water partition coefficient (Wildman–Crippen LogP) is 0.640. The third kappa shape index (κ3) is 5.81. The Labute approximate surface area is 118 Å². The van der Waals surface area contributed by atoms with Gasteiger partial charge in [0.1, 0.15) is 0 Å². The molecule has 0 aliphatic carbocycles. The van der Waals surface area contributed by atoms with Crippen LogP contribution >= 0.6 is 0 Å². The molecule has 3 N–H and O–H groups in total. The van der Waals surface area contributed by atoms with E-state index >= 15 is 0 Å². The summed E-state index contributed by atoms with van der Waals surface area (Å²) in [4.78, 5) is 24.3. The number of hydrogen-bond acceptors (Lipinski definition) is 4. The van der Waals surface area contributed by atoms with Crippen LogP contribution in [0.2, 0.25) is 0 Å². The number of aliphatic hydroxyl groups excluding tert-OH is 1. The lowest BCUT2D eigenvalue weighted by atomic mass is 10.1. The topological polar surface area (TPSA) is 89.9 Å². The molecule has 1 aromatic rings. The smallest absolute Gasteiger partial charge is 0.307 e. The molecule has 1 atom stereocenters. The van der Waals surface area contributed by atoms with E-state index in [1.165, 1.54) is 0 Å². The highest BCUT2D eigenvalue weighted by Crippen LogP contribution is 2.06. The zero-order chi connectivity index (χ0) is 15.0. The van der Waals surface area contributed by atoms with Gasteiger partial charge in [0, 0.05) is 18.8 Å². The number of para-hydroxylation sites is 1. The van der Waals surface area contributed by atoms with E-state index < -0.39 is 11.9 Å². The summed E-state index contributed by atoms with van der Waals surface area (Å²) in [7, 11) is 0. The van der Waals surface area contributed by atoms with Crippen LogP contribution in [0.5, 0.6) is 0 Å². The van der Waals surface area contributed by atoms with Crippen molar-refractivity contribution in [3.63, 3.8) is 0 Å². The third-order valence-corrected chi connectivity index (χ3v) is 2.79. The number of rotatable bonds is 8. The van der Waals surface area contributed by atoms with Crippen molar-refractivity contribution in [2.45, 2.75) is 6.92 Å². The van der Waals surface area contributed by atoms with Crippen molar-refractivity contribution in [2.24, 2.45) is 5.92 Å². The second kappa shape index (κ2) is 8.29. The van der Waals surface area contributed by atoms with Gasteiger partial charge in [-0.1, -0.05) is 25.1 Å². The summed E-state index contributed by atoms with van der Waals surface area (Å²) in [5.74, 6) is -1.75. The maximum absolute atomic E-state index is 11.9. The van der Waals surface area contributed by atoms with E-state index in [-0.39, 0.29) is 32.1 Å². The molecule has 0 saturated heterocycles. The lowest BCUT2D eigenvalue weighted by Crippen LogP contribution is -2.39. The molecule has 0 aromatic heterocycles. The van der Waals surface area contributed by atoms with Crippen LogP contribution in [0.25, 0.3) is 0 Å². The molecule has 0 heterocycles. The molecule has 1 unspecified atom stereocenters. The molecule has 0 saturated carbocycles. The molecule has 0 aliphatic heterocycles. The van der Waals surface area contributed by atoms with Gasteiger partial charge in [0.2, 0.25) is 5.91 Å². The van der Waals surface area contributed by atoms with Gasteiger partial charge in [0.15, 0.2) is 0 Å². The highest BCUT2D eigenvalue weighted by molar-refractivity contribution is 5.92. The minimum atomic E-state index is -0.920. The van der Waals surface area contributed by atoms with E-state index in [4.69, 9.17) is 10.2 Å². The van der Waals surface area contributed by atoms with E-state index in [0.29, 0.717) is 5.69 Å². The van der Waals surface area contributed by atoms with E-state index in [1.54, 1.807) is 24.0 Å². The number of benzene rings is 1. The molecule has 0 aliphatic rings. The number of carboxylic acid groups (broad SMARTS) is 1. The molecule has 0 bridgehead atoms. The quantitative estimate of drug-likeness (QED) is 0.650. The van der Waals surface area contributed by atoms with Crippen LogP contribution in [-0.2, 0) is 9.59 Å². The summed E-state index contributed by atoms with van der Waals surface area (Å²) in [6.07, 6.45) is 0. The molecule has 110 valence electrons. The van der Waals surface area contributed by atoms with Crippen LogP contribution in [0, 0.1) is 5.92 Å². The van der Waals surface area contributed by atoms with Crippen molar-refractivity contribution in [1.82, 2.24) is 4.90 Å². The number of carboxylic acids is 1. The van der Waals surface area contributed by atoms with Crippen LogP contribution in [0.4, 0.5) is 5.69 Å². The van der Waals surface area contributed by atoms with Crippen molar-refractivity contribution >= 4 is 17.6 Å². The standard InChI is InChI=1S/C14H20N2O4/c1-11(14(19)20)9-16(7-8-17)10-13(18)15-12-5-3-2-4-6-12/h2-6,11,17H,7-10H2,1H3,(H,15,18)(H,19,20). The molecule has 0 radical (unpaired) electrons. The Morgan fingerprint density at radius 2 is 1.95 bits per heavy atom. The van der Waals surface area contributed by atoms with Gasteiger partial charge in [-0.15, -0.1) is 0 Å². The number of nitrogens with zero attached hydrogens (tertiary/aromatic N) is 1. The molecule has 20 heavy (non-hydrogen) atoms. The minimum absolute atomic E-state index is 0.0487. The maximum atomic E-state index is 11.9. The van der Waals surface area contributed by atoms with E-state index in [0.717, 1.165) is 0 Å². The molecule has 6 heteroatoms. The van der Waals surface area contributed by atoms with Gasteiger partial charge >= 0.3 is 5.97 Å². The van der Waals surface area contributed by atoms with Gasteiger partial charge in [0.05, 0.1) is 19.1 Å². The van der Waals surface area contributed by atoms with Gasteiger partial charge < -0.3 is 15.5 Å². The van der Waals surface area contributed by atoms with Crippen molar-refractivity contribution in [2.75, 3.05) is 31.6 Å². The van der Waals surface area contributed by atoms with E-state index in [2.05, 4.69) is 5.32 Å². The molecule has 0 fully saturated rings. The summed E-state index contributed by atoms with van der Waals surface area (Å²) in [5.41, 5.74) is 0.688. The molecule has 1 amide bonds. The number of anilines is 1. The Morgan fingerprint density at radius 1 is 1.30 bits per heavy atom. The van der Waals surface area contributed by atoms with Crippen LogP contribution in [-0.4, -0.2) is 53.2 Å². The second-order valence-corrected chi connectivity index (χ2v) is 4.61. The fraction of sp³-hybridized carbons (Fsp3) is 0.429. The first-order valence-corrected chi connectivity index (χ1v) is 6.44. The highest BCUT2D eigenvalue weighted by Gasteiger charge is 2.18. The van der Waals surface area contributed by atoms with Crippen molar-refractivity contribution in [1.29, 1.82) is 0 Å². The van der Waals surface area contributed by atoms with Gasteiger partial charge in [-0.05, 0) is 12.1 Å². The highest BCUT2D eigenvalue weighted by atomic mass is 16.4. The summed E-state index contributed by atoms with van der Waals surface area (Å²) in [6.45, 7) is 1.98. The Morgan fingerprint density at radius 3 is 2.50 bits per heavy atom. The molecule has 6 nitrogen and oxygen atoms in total. The average molecular weight is 280 g/mol. The van der Waals surface area contributed by atoms with Crippen molar-refractivity contribution in [3.8, 4) is 0 Å². The largest absolute Gasteiger partial charge is 0.481 e. The Hall–Kier alpha value is -1.92. The Balaban J connectivity index is 2.52. The molecule has 0 spiro atoms. The first-order chi connectivity index (χ1) is 9.52. The van der Waals surface area contributed by atoms with Crippen LogP contribution < -0.4 is 5.32 Å². The summed E-state index contributed by atoms with van der Waals surface area (Å²) < 4.78 is 0. The summed E-state index contributed by atoms with van der Waals surface area (Å²) in [5, 5.41) is 20.6. The zero-order valence-electron chi connectivity index (χ0n) is 11.5. The fourth-order valence-corrected chi connectivity index (χ4v) is 1.77. The summed E-state index contributed by atoms with van der Waals surface area (Å²) in [6, 6.07) is 9.02. The lowest BCUT2D eigenvalue weighted by molar-refractivity contribution is -0.142. The van der Waals surface area contributed by atoms with Gasteiger partial charge in [-0.3, -0.25) is 14.5 Å². The van der Waals surface area contributed by atoms with E-state index in [9.17, 15) is 9.59 Å². The number of carbonyl (C=O) groups excluding carboxylic acids is 1. The van der Waals surface area contributed by atoms with E-state index in [1.807, 2.05) is 18.2 Å². The Kier molecular flexibility index (Phi) is 6.69. The molecule has 1 aromatic carbocycles. The number of aliphatic hydroxyl groups is 1. The fourth-order valence-electron chi connectivity index (χ4n) is 1.77. The normalized spacial score (nSPS) is 12.2. The van der Waals surface area contributed by atoms with Crippen molar-refractivity contribution in [3.05, 3.63) is 30.3 Å². The first-order valence-electron chi connectivity index (χ1n) is 6.44. The van der Waals surface area contributed by atoms with Crippen molar-refractivity contribution < 1.29 is 19.8 Å². The van der Waals surface area contributed by atoms with Crippen LogP contribution in [0.3, 0.4) is 0 Å². The monoisotopic (exact) mass is 280 g/mol. The second-order valence-electron chi connectivity index (χ2n) is 4.61. The number of aliphatic carboxylic acids is 1. The first kappa shape index (κ1) is 16.1. The van der Waals surface area contributed by atoms with Gasteiger partial charge in [0.25, 0.3) is 0 Å². The van der Waals surface area contributed by atoms with Crippen LogP contribution in [0.15, 0.2) is 30.3 Å². The SMILES string of the molecule is CC(CN(CCO)CC(=O)Nc1ccccc1)C(=O)O. The number of hydrogen-bond donors (Lipinski definition) is 3. The van der Waals surface area contributed by atoms with Gasteiger partial charge in [-0.25, -0.2) is 0 Å². The molecular formula is C14H20N2O4. The number of amides is 1. The van der Waals surface area contributed by atoms with Gasteiger partial charge in [-0.2, -0.15) is 0 Å². The molecule has 1 rings (SSSR count). The number of nitrogens with one attached hydrogen (secondary N) is 1. The number of carbonyl (C=O) groups is 2. The van der Waals surface area contributed by atoms with Crippen LogP contribution in [0.1, 0.15) is 6.92 Å². The zero-order valence-corrected chi connectivity index (χ0v) is 11.5. The molecular weight excluding hydrogens is 260 g/mol. The maximum Gasteiger partial charge on any atom is 0.307 e. The lowest BCUT2D eigenvalue weighted by Gasteiger charge is -2.22. The minimum Gasteiger partial charge on any atom is -0.481 e. The Bertz CT molecular complexity index is 436. The third-order valence-electron chi connectivity index (χ3n) is 2.79.